The van der Waals surface area contributed by atoms with Crippen LogP contribution in [0.3, 0.4) is 0 Å². The molecular weight excluding hydrogens is 374 g/mol. The molecule has 1 heterocycles. The SMILES string of the molecule is C#CCCC[C@H](NC(=O)C[C@@H]1NC(=O)[C@H](Cc2ccccc2)NC1=O)C(=O)OC. The van der Waals surface area contributed by atoms with E-state index in [1.54, 1.807) is 0 Å². The smallest absolute Gasteiger partial charge is 0.328 e. The minimum atomic E-state index is -1.00. The molecule has 1 fully saturated rings. The van der Waals surface area contributed by atoms with Crippen LogP contribution in [0.15, 0.2) is 30.3 Å². The number of nitrogens with one attached hydrogen (secondary N) is 3. The second kappa shape index (κ2) is 10.9. The number of piperazine rings is 1. The molecule has 2 rings (SSSR count). The fourth-order valence-electron chi connectivity index (χ4n) is 3.05. The summed E-state index contributed by atoms with van der Waals surface area (Å²) < 4.78 is 4.69. The lowest BCUT2D eigenvalue weighted by molar-refractivity contribution is -0.145. The summed E-state index contributed by atoms with van der Waals surface area (Å²) in [5.41, 5.74) is 0.914. The van der Waals surface area contributed by atoms with Crippen molar-refractivity contribution in [1.82, 2.24) is 16.0 Å². The van der Waals surface area contributed by atoms with Crippen molar-refractivity contribution < 1.29 is 23.9 Å². The van der Waals surface area contributed by atoms with Crippen molar-refractivity contribution in [1.29, 1.82) is 0 Å². The highest BCUT2D eigenvalue weighted by Crippen LogP contribution is 2.09. The topological polar surface area (TPSA) is 114 Å². The monoisotopic (exact) mass is 399 g/mol. The first kappa shape index (κ1) is 22.0. The molecule has 0 spiro atoms. The van der Waals surface area contributed by atoms with Crippen LogP contribution >= 0.6 is 0 Å². The van der Waals surface area contributed by atoms with Gasteiger partial charge in [0.1, 0.15) is 18.1 Å². The lowest BCUT2D eigenvalue weighted by Gasteiger charge is -2.29. The van der Waals surface area contributed by atoms with E-state index in [0.29, 0.717) is 25.7 Å². The lowest BCUT2D eigenvalue weighted by Crippen LogP contribution is -2.63. The van der Waals surface area contributed by atoms with Crippen molar-refractivity contribution >= 4 is 23.7 Å². The number of unbranched alkanes of at least 4 members (excludes halogenated alkanes) is 1. The van der Waals surface area contributed by atoms with Gasteiger partial charge in [0, 0.05) is 12.8 Å². The first-order valence-corrected chi connectivity index (χ1v) is 9.40. The van der Waals surface area contributed by atoms with Crippen molar-refractivity contribution in [2.75, 3.05) is 7.11 Å². The number of carbonyl (C=O) groups is 4. The number of esters is 1. The molecule has 0 aromatic heterocycles. The first-order valence-electron chi connectivity index (χ1n) is 9.40. The summed E-state index contributed by atoms with van der Waals surface area (Å²) in [5, 5.41) is 7.78. The van der Waals surface area contributed by atoms with E-state index in [-0.39, 0.29) is 12.3 Å². The van der Waals surface area contributed by atoms with Gasteiger partial charge >= 0.3 is 5.97 Å². The molecule has 8 heteroatoms. The van der Waals surface area contributed by atoms with Crippen molar-refractivity contribution in [3.8, 4) is 12.3 Å². The van der Waals surface area contributed by atoms with Crippen molar-refractivity contribution in [2.45, 2.75) is 50.2 Å². The second-order valence-electron chi connectivity index (χ2n) is 6.76. The highest BCUT2D eigenvalue weighted by Gasteiger charge is 2.35. The molecule has 1 aliphatic rings. The average molecular weight is 399 g/mol. The van der Waals surface area contributed by atoms with Crippen molar-refractivity contribution in [2.24, 2.45) is 0 Å². The average Bonchev–Trinajstić information content (AvgIpc) is 2.71. The Labute approximate surface area is 169 Å². The van der Waals surface area contributed by atoms with E-state index in [0.717, 1.165) is 5.56 Å². The summed E-state index contributed by atoms with van der Waals surface area (Å²) in [6.45, 7) is 0. The number of carbonyl (C=O) groups excluding carboxylic acids is 4. The van der Waals surface area contributed by atoms with Gasteiger partial charge in [0.2, 0.25) is 17.7 Å². The van der Waals surface area contributed by atoms with Crippen LogP contribution in [-0.4, -0.2) is 48.9 Å². The molecule has 0 unspecified atom stereocenters. The maximum Gasteiger partial charge on any atom is 0.328 e. The summed E-state index contributed by atoms with van der Waals surface area (Å²) in [4.78, 5) is 48.8. The van der Waals surface area contributed by atoms with E-state index in [4.69, 9.17) is 6.42 Å². The number of hydrogen-bond acceptors (Lipinski definition) is 5. The van der Waals surface area contributed by atoms with Crippen LogP contribution in [0.25, 0.3) is 0 Å². The molecule has 1 saturated heterocycles. The zero-order valence-electron chi connectivity index (χ0n) is 16.3. The molecule has 1 aromatic carbocycles. The van der Waals surface area contributed by atoms with E-state index in [1.165, 1.54) is 7.11 Å². The van der Waals surface area contributed by atoms with E-state index in [2.05, 4.69) is 26.6 Å². The zero-order valence-corrected chi connectivity index (χ0v) is 16.3. The summed E-state index contributed by atoms with van der Waals surface area (Å²) in [6.07, 6.45) is 6.61. The molecule has 29 heavy (non-hydrogen) atoms. The number of amides is 3. The molecule has 0 saturated carbocycles. The third kappa shape index (κ3) is 6.64. The third-order valence-corrected chi connectivity index (χ3v) is 4.57. The molecule has 1 aliphatic heterocycles. The summed E-state index contributed by atoms with van der Waals surface area (Å²) in [5.74, 6) is 0.541. The molecule has 154 valence electrons. The number of rotatable bonds is 9. The number of methoxy groups -OCH3 is 1. The quantitative estimate of drug-likeness (QED) is 0.309. The number of hydrogen-bond donors (Lipinski definition) is 3. The van der Waals surface area contributed by atoms with Crippen LogP contribution in [0.1, 0.15) is 31.2 Å². The molecule has 0 aliphatic carbocycles. The van der Waals surface area contributed by atoms with Crippen LogP contribution in [-0.2, 0) is 30.3 Å². The Kier molecular flexibility index (Phi) is 8.22. The van der Waals surface area contributed by atoms with E-state index < -0.39 is 35.9 Å². The minimum absolute atomic E-state index is 0.280. The minimum Gasteiger partial charge on any atom is -0.467 e. The Balaban J connectivity index is 1.90. The van der Waals surface area contributed by atoms with Crippen LogP contribution in [0.4, 0.5) is 0 Å². The second-order valence-corrected chi connectivity index (χ2v) is 6.76. The van der Waals surface area contributed by atoms with Crippen molar-refractivity contribution in [3.05, 3.63) is 35.9 Å². The van der Waals surface area contributed by atoms with E-state index >= 15 is 0 Å². The molecule has 0 radical (unpaired) electrons. The number of ether oxygens (including phenoxy) is 1. The maximum absolute atomic E-state index is 12.3. The zero-order chi connectivity index (χ0) is 21.2. The Hall–Kier alpha value is -3.34. The third-order valence-electron chi connectivity index (χ3n) is 4.57. The van der Waals surface area contributed by atoms with Crippen molar-refractivity contribution in [3.63, 3.8) is 0 Å². The molecule has 0 bridgehead atoms. The Bertz CT molecular complexity index is 787. The lowest BCUT2D eigenvalue weighted by atomic mass is 10.0. The van der Waals surface area contributed by atoms with Gasteiger partial charge in [-0.2, -0.15) is 0 Å². The van der Waals surface area contributed by atoms with E-state index in [1.807, 2.05) is 30.3 Å². The highest BCUT2D eigenvalue weighted by atomic mass is 16.5. The van der Waals surface area contributed by atoms with Gasteiger partial charge in [0.25, 0.3) is 0 Å². The maximum atomic E-state index is 12.3. The van der Waals surface area contributed by atoms with Gasteiger partial charge in [-0.1, -0.05) is 30.3 Å². The number of benzene rings is 1. The molecule has 3 N–H and O–H groups in total. The van der Waals surface area contributed by atoms with Gasteiger partial charge in [-0.3, -0.25) is 14.4 Å². The molecule has 3 atom stereocenters. The molecule has 8 nitrogen and oxygen atoms in total. The van der Waals surface area contributed by atoms with Gasteiger partial charge < -0.3 is 20.7 Å². The Morgan fingerprint density at radius 3 is 2.48 bits per heavy atom. The standard InChI is InChI=1S/C21H25N3O5/c1-3-4-6-11-15(21(28)29-2)22-18(25)13-17-20(27)23-16(19(26)24-17)12-14-9-7-5-8-10-14/h1,5,7-10,15-17H,4,6,11-13H2,2H3,(H,22,25)(H,23,27)(H,24,26)/t15-,16-,17-/m0/s1. The van der Waals surface area contributed by atoms with Crippen LogP contribution in [0.5, 0.6) is 0 Å². The van der Waals surface area contributed by atoms with Crippen LogP contribution in [0, 0.1) is 12.3 Å². The Morgan fingerprint density at radius 1 is 1.17 bits per heavy atom. The summed E-state index contributed by atoms with van der Waals surface area (Å²) in [6, 6.07) is 6.76. The summed E-state index contributed by atoms with van der Waals surface area (Å²) in [7, 11) is 1.23. The van der Waals surface area contributed by atoms with Gasteiger partial charge in [0.15, 0.2) is 0 Å². The predicted molar refractivity (Wildman–Crippen MR) is 105 cm³/mol. The molecular formula is C21H25N3O5. The van der Waals surface area contributed by atoms with Gasteiger partial charge in [0.05, 0.1) is 13.5 Å². The molecule has 3 amide bonds. The molecule has 1 aromatic rings. The van der Waals surface area contributed by atoms with Crippen LogP contribution < -0.4 is 16.0 Å². The Morgan fingerprint density at radius 2 is 1.83 bits per heavy atom. The largest absolute Gasteiger partial charge is 0.467 e. The normalized spacial score (nSPS) is 19.3. The van der Waals surface area contributed by atoms with Gasteiger partial charge in [-0.05, 0) is 18.4 Å². The number of terminal acetylenes is 1. The van der Waals surface area contributed by atoms with Gasteiger partial charge in [-0.25, -0.2) is 4.79 Å². The fourth-order valence-corrected chi connectivity index (χ4v) is 3.05. The predicted octanol–water partition coefficient (Wildman–Crippen LogP) is 0.0637. The highest BCUT2D eigenvalue weighted by molar-refractivity contribution is 5.99. The summed E-state index contributed by atoms with van der Waals surface area (Å²) >= 11 is 0. The van der Waals surface area contributed by atoms with Gasteiger partial charge in [-0.15, -0.1) is 12.3 Å². The van der Waals surface area contributed by atoms with E-state index in [9.17, 15) is 19.2 Å². The van der Waals surface area contributed by atoms with Crippen LogP contribution in [0.2, 0.25) is 0 Å². The first-order chi connectivity index (χ1) is 13.9. The fraction of sp³-hybridized carbons (Fsp3) is 0.429.